The Morgan fingerprint density at radius 2 is 2.04 bits per heavy atom. The van der Waals surface area contributed by atoms with Gasteiger partial charge < -0.3 is 10.1 Å². The number of sulfonamides is 1. The maximum absolute atomic E-state index is 13.1. The molecular formula is C20H21BrN2O4S. The second kappa shape index (κ2) is 7.08. The fourth-order valence-corrected chi connectivity index (χ4v) is 5.51. The van der Waals surface area contributed by atoms with E-state index in [-0.39, 0.29) is 4.90 Å². The quantitative estimate of drug-likeness (QED) is 0.708. The number of nitrogens with one attached hydrogen (secondary N) is 2. The van der Waals surface area contributed by atoms with Crippen LogP contribution in [0.1, 0.15) is 30.4 Å². The monoisotopic (exact) mass is 464 g/mol. The topological polar surface area (TPSA) is 84.5 Å². The number of anilines is 1. The number of carbonyl (C=O) groups is 1. The number of fused-ring (bicyclic) bond motifs is 1. The van der Waals surface area contributed by atoms with Crippen LogP contribution in [0.3, 0.4) is 0 Å². The molecule has 0 radical (unpaired) electrons. The molecule has 6 nitrogen and oxygen atoms in total. The number of benzene rings is 2. The van der Waals surface area contributed by atoms with Gasteiger partial charge in [-0.05, 0) is 61.6 Å². The van der Waals surface area contributed by atoms with Crippen molar-refractivity contribution in [3.8, 4) is 5.75 Å². The molecule has 0 unspecified atom stereocenters. The van der Waals surface area contributed by atoms with Crippen molar-refractivity contribution in [3.63, 3.8) is 0 Å². The highest BCUT2D eigenvalue weighted by molar-refractivity contribution is 9.10. The molecule has 8 heteroatoms. The van der Waals surface area contributed by atoms with Crippen LogP contribution in [-0.4, -0.2) is 28.0 Å². The molecule has 1 aliphatic carbocycles. The molecule has 2 aliphatic rings. The van der Waals surface area contributed by atoms with Crippen molar-refractivity contribution in [3.05, 3.63) is 52.0 Å². The Morgan fingerprint density at radius 1 is 1.25 bits per heavy atom. The summed E-state index contributed by atoms with van der Waals surface area (Å²) in [7, 11) is -2.43. The zero-order valence-electron chi connectivity index (χ0n) is 15.4. The summed E-state index contributed by atoms with van der Waals surface area (Å²) in [5, 5.41) is 3.22. The summed E-state index contributed by atoms with van der Waals surface area (Å²) in [5.74, 6) is 0.0693. The van der Waals surface area contributed by atoms with Crippen LogP contribution in [0.25, 0.3) is 0 Å². The maximum atomic E-state index is 13.1. The first kappa shape index (κ1) is 19.3. The lowest BCUT2D eigenvalue weighted by molar-refractivity contribution is -0.121. The summed E-state index contributed by atoms with van der Waals surface area (Å²) >= 11 is 3.42. The van der Waals surface area contributed by atoms with Crippen molar-refractivity contribution in [1.82, 2.24) is 4.72 Å². The Labute approximate surface area is 172 Å². The van der Waals surface area contributed by atoms with Gasteiger partial charge in [-0.3, -0.25) is 4.79 Å². The highest BCUT2D eigenvalue weighted by Gasteiger charge is 2.54. The van der Waals surface area contributed by atoms with Crippen LogP contribution >= 0.6 is 15.9 Å². The second-order valence-corrected chi connectivity index (χ2v) is 9.74. The molecule has 1 fully saturated rings. The van der Waals surface area contributed by atoms with Crippen LogP contribution in [0, 0.1) is 0 Å². The van der Waals surface area contributed by atoms with Crippen LogP contribution in [0.2, 0.25) is 0 Å². The van der Waals surface area contributed by atoms with E-state index in [1.54, 1.807) is 25.3 Å². The number of methoxy groups -OCH3 is 1. The summed E-state index contributed by atoms with van der Waals surface area (Å²) in [6.07, 6.45) is 2.68. The SMILES string of the molecule is COc1ccc(Br)cc1C1(C(=O)NS(=O)(=O)c2cccc3c2CCCN3)CC1. The molecule has 0 spiro atoms. The van der Waals surface area contributed by atoms with Crippen molar-refractivity contribution in [2.75, 3.05) is 19.0 Å². The van der Waals surface area contributed by atoms with Gasteiger partial charge in [-0.1, -0.05) is 22.0 Å². The van der Waals surface area contributed by atoms with Crippen molar-refractivity contribution >= 4 is 37.5 Å². The largest absolute Gasteiger partial charge is 0.496 e. The first-order valence-electron chi connectivity index (χ1n) is 9.14. The summed E-state index contributed by atoms with van der Waals surface area (Å²) in [5.41, 5.74) is 1.37. The van der Waals surface area contributed by atoms with E-state index in [4.69, 9.17) is 4.74 Å². The molecule has 0 aromatic heterocycles. The average Bonchev–Trinajstić information content (AvgIpc) is 3.49. The Bertz CT molecular complexity index is 1050. The molecular weight excluding hydrogens is 444 g/mol. The third-order valence-electron chi connectivity index (χ3n) is 5.43. The number of hydrogen-bond acceptors (Lipinski definition) is 5. The predicted molar refractivity (Wildman–Crippen MR) is 110 cm³/mol. The molecule has 2 aromatic rings. The molecule has 0 atom stereocenters. The lowest BCUT2D eigenvalue weighted by atomic mass is 9.94. The van der Waals surface area contributed by atoms with E-state index in [1.807, 2.05) is 18.2 Å². The van der Waals surface area contributed by atoms with E-state index < -0.39 is 21.3 Å². The molecule has 0 saturated heterocycles. The summed E-state index contributed by atoms with van der Waals surface area (Å²) in [4.78, 5) is 13.3. The van der Waals surface area contributed by atoms with Gasteiger partial charge in [0.2, 0.25) is 5.91 Å². The van der Waals surface area contributed by atoms with Crippen molar-refractivity contribution < 1.29 is 17.9 Å². The lowest BCUT2D eigenvalue weighted by Crippen LogP contribution is -2.39. The van der Waals surface area contributed by atoms with Crippen LogP contribution in [0.4, 0.5) is 5.69 Å². The molecule has 1 heterocycles. The minimum atomic E-state index is -3.97. The number of rotatable bonds is 5. The van der Waals surface area contributed by atoms with Crippen molar-refractivity contribution in [2.24, 2.45) is 0 Å². The predicted octanol–water partition coefficient (Wildman–Crippen LogP) is 3.35. The highest BCUT2D eigenvalue weighted by atomic mass is 79.9. The first-order valence-corrected chi connectivity index (χ1v) is 11.4. The van der Waals surface area contributed by atoms with E-state index >= 15 is 0 Å². The molecule has 1 aliphatic heterocycles. The van der Waals surface area contributed by atoms with Crippen molar-refractivity contribution in [2.45, 2.75) is 36.0 Å². The summed E-state index contributed by atoms with van der Waals surface area (Å²) in [6.45, 7) is 0.814. The molecule has 28 heavy (non-hydrogen) atoms. The van der Waals surface area contributed by atoms with E-state index in [1.165, 1.54) is 0 Å². The van der Waals surface area contributed by atoms with Gasteiger partial charge in [0.1, 0.15) is 5.75 Å². The van der Waals surface area contributed by atoms with Gasteiger partial charge in [0, 0.05) is 22.3 Å². The van der Waals surface area contributed by atoms with Gasteiger partial charge in [0.05, 0.1) is 17.4 Å². The van der Waals surface area contributed by atoms with Crippen LogP contribution < -0.4 is 14.8 Å². The highest BCUT2D eigenvalue weighted by Crippen LogP contribution is 2.52. The molecule has 148 valence electrons. The Morgan fingerprint density at radius 3 is 2.75 bits per heavy atom. The molecule has 0 bridgehead atoms. The molecule has 4 rings (SSSR count). The van der Waals surface area contributed by atoms with Gasteiger partial charge in [0.15, 0.2) is 0 Å². The molecule has 2 N–H and O–H groups in total. The number of halogens is 1. The fourth-order valence-electron chi connectivity index (χ4n) is 3.80. The first-order chi connectivity index (χ1) is 13.4. The van der Waals surface area contributed by atoms with Gasteiger partial charge in [-0.2, -0.15) is 0 Å². The fraction of sp³-hybridized carbons (Fsp3) is 0.350. The van der Waals surface area contributed by atoms with Crippen LogP contribution in [0.15, 0.2) is 45.8 Å². The lowest BCUT2D eigenvalue weighted by Gasteiger charge is -2.22. The molecule has 1 amide bonds. The van der Waals surface area contributed by atoms with Crippen LogP contribution in [-0.2, 0) is 26.7 Å². The van der Waals surface area contributed by atoms with E-state index in [0.717, 1.165) is 28.7 Å². The Kier molecular flexibility index (Phi) is 4.87. The third kappa shape index (κ3) is 3.28. The molecule has 2 aromatic carbocycles. The van der Waals surface area contributed by atoms with Gasteiger partial charge in [0.25, 0.3) is 10.0 Å². The van der Waals surface area contributed by atoms with Crippen molar-refractivity contribution in [1.29, 1.82) is 0 Å². The number of ether oxygens (including phenoxy) is 1. The van der Waals surface area contributed by atoms with Gasteiger partial charge >= 0.3 is 0 Å². The van der Waals surface area contributed by atoms with Crippen LogP contribution in [0.5, 0.6) is 5.75 Å². The van der Waals surface area contributed by atoms with E-state index in [9.17, 15) is 13.2 Å². The summed E-state index contributed by atoms with van der Waals surface area (Å²) < 4.78 is 34.6. The van der Waals surface area contributed by atoms with Gasteiger partial charge in [-0.15, -0.1) is 0 Å². The smallest absolute Gasteiger partial charge is 0.264 e. The summed E-state index contributed by atoms with van der Waals surface area (Å²) in [6, 6.07) is 10.5. The minimum Gasteiger partial charge on any atom is -0.496 e. The maximum Gasteiger partial charge on any atom is 0.264 e. The molecule has 1 saturated carbocycles. The third-order valence-corrected chi connectivity index (χ3v) is 7.34. The van der Waals surface area contributed by atoms with E-state index in [2.05, 4.69) is 26.0 Å². The number of hydrogen-bond donors (Lipinski definition) is 2. The van der Waals surface area contributed by atoms with Gasteiger partial charge in [-0.25, -0.2) is 13.1 Å². The second-order valence-electron chi connectivity index (χ2n) is 7.17. The Balaban J connectivity index is 1.67. The zero-order chi connectivity index (χ0) is 19.9. The van der Waals surface area contributed by atoms with E-state index in [0.29, 0.717) is 30.6 Å². The zero-order valence-corrected chi connectivity index (χ0v) is 17.8. The minimum absolute atomic E-state index is 0.169. The average molecular weight is 465 g/mol. The number of carbonyl (C=O) groups excluding carboxylic acids is 1. The normalized spacial score (nSPS) is 17.2. The Hall–Kier alpha value is -2.06. The standard InChI is InChI=1S/C20H21BrN2O4S/c1-27-17-8-7-13(21)12-15(17)20(9-10-20)19(24)23-28(25,26)18-6-2-5-16-14(18)4-3-11-22-16/h2,5-8,12,22H,3-4,9-11H2,1H3,(H,23,24). The number of amides is 1.